The molecule has 1 fully saturated rings. The largest absolute Gasteiger partial charge is 0.359 e. The Bertz CT molecular complexity index is 358. The second kappa shape index (κ2) is 5.82. The van der Waals surface area contributed by atoms with E-state index in [1.165, 1.54) is 12.0 Å². The summed E-state index contributed by atoms with van der Waals surface area (Å²) in [5, 5.41) is 6.23. The Balaban J connectivity index is 2.14. The Labute approximate surface area is 103 Å². The third-order valence-corrected chi connectivity index (χ3v) is 3.50. The average Bonchev–Trinajstić information content (AvgIpc) is 2.90. The van der Waals surface area contributed by atoms with E-state index in [4.69, 9.17) is 0 Å². The summed E-state index contributed by atoms with van der Waals surface area (Å²) in [6.07, 6.45) is 2.94. The normalized spacial score (nSPS) is 21.1. The molecule has 0 saturated carbocycles. The fraction of sp³-hybridized carbons (Fsp3) is 0.500. The summed E-state index contributed by atoms with van der Waals surface area (Å²) in [4.78, 5) is 11.6. The zero-order valence-corrected chi connectivity index (χ0v) is 10.3. The van der Waals surface area contributed by atoms with Crippen LogP contribution in [0.3, 0.4) is 0 Å². The Hall–Kier alpha value is -1.35. The number of hydrogen-bond acceptors (Lipinski definition) is 2. The van der Waals surface area contributed by atoms with Crippen molar-refractivity contribution in [3.63, 3.8) is 0 Å². The number of carbonyl (C=O) groups is 1. The molecule has 2 N–H and O–H groups in total. The lowest BCUT2D eigenvalue weighted by molar-refractivity contribution is -0.121. The fourth-order valence-corrected chi connectivity index (χ4v) is 2.55. The molecule has 1 aromatic rings. The van der Waals surface area contributed by atoms with Gasteiger partial charge in [-0.3, -0.25) is 4.79 Å². The molecule has 0 radical (unpaired) electrons. The summed E-state index contributed by atoms with van der Waals surface area (Å²) in [7, 11) is 1.70. The van der Waals surface area contributed by atoms with Gasteiger partial charge in [-0.1, -0.05) is 30.3 Å². The number of amides is 1. The first-order chi connectivity index (χ1) is 8.31. The van der Waals surface area contributed by atoms with Crippen molar-refractivity contribution in [2.45, 2.75) is 31.2 Å². The van der Waals surface area contributed by atoms with E-state index < -0.39 is 0 Å². The predicted molar refractivity (Wildman–Crippen MR) is 68.9 cm³/mol. The van der Waals surface area contributed by atoms with Crippen molar-refractivity contribution < 1.29 is 4.79 Å². The van der Waals surface area contributed by atoms with Crippen molar-refractivity contribution in [3.05, 3.63) is 35.9 Å². The van der Waals surface area contributed by atoms with Crippen molar-refractivity contribution in [2.24, 2.45) is 0 Å². The molecule has 1 saturated heterocycles. The van der Waals surface area contributed by atoms with Gasteiger partial charge in [-0.05, 0) is 24.9 Å². The van der Waals surface area contributed by atoms with Gasteiger partial charge < -0.3 is 10.6 Å². The molecule has 1 aromatic carbocycles. The van der Waals surface area contributed by atoms with E-state index in [2.05, 4.69) is 22.8 Å². The summed E-state index contributed by atoms with van der Waals surface area (Å²) in [5.74, 6) is 0.409. The van der Waals surface area contributed by atoms with Crippen LogP contribution in [-0.2, 0) is 4.79 Å². The summed E-state index contributed by atoms with van der Waals surface area (Å²) in [6.45, 7) is 1.07. The lowest BCUT2D eigenvalue weighted by atomic mass is 9.87. The van der Waals surface area contributed by atoms with E-state index >= 15 is 0 Å². The molecule has 3 heteroatoms. The number of hydrogen-bond donors (Lipinski definition) is 2. The van der Waals surface area contributed by atoms with Gasteiger partial charge in [-0.25, -0.2) is 0 Å². The summed E-state index contributed by atoms with van der Waals surface area (Å²) < 4.78 is 0. The maximum Gasteiger partial charge on any atom is 0.220 e. The Morgan fingerprint density at radius 2 is 2.24 bits per heavy atom. The molecule has 1 aliphatic heterocycles. The van der Waals surface area contributed by atoms with E-state index in [0.29, 0.717) is 18.4 Å². The van der Waals surface area contributed by atoms with Crippen molar-refractivity contribution in [1.82, 2.24) is 10.6 Å². The topological polar surface area (TPSA) is 41.1 Å². The van der Waals surface area contributed by atoms with Crippen LogP contribution in [0.25, 0.3) is 0 Å². The van der Waals surface area contributed by atoms with Crippen molar-refractivity contribution in [2.75, 3.05) is 13.6 Å². The number of carbonyl (C=O) groups excluding carboxylic acids is 1. The van der Waals surface area contributed by atoms with Gasteiger partial charge in [0.2, 0.25) is 5.91 Å². The Morgan fingerprint density at radius 1 is 1.47 bits per heavy atom. The highest BCUT2D eigenvalue weighted by Crippen LogP contribution is 2.28. The van der Waals surface area contributed by atoms with Crippen LogP contribution >= 0.6 is 0 Å². The second-order valence-corrected chi connectivity index (χ2v) is 4.60. The number of benzene rings is 1. The van der Waals surface area contributed by atoms with Crippen molar-refractivity contribution in [3.8, 4) is 0 Å². The van der Waals surface area contributed by atoms with Crippen LogP contribution in [0.1, 0.15) is 30.7 Å². The quantitative estimate of drug-likeness (QED) is 0.829. The summed E-state index contributed by atoms with van der Waals surface area (Å²) in [5.41, 5.74) is 1.26. The molecule has 2 atom stereocenters. The first-order valence-electron chi connectivity index (χ1n) is 6.30. The summed E-state index contributed by atoms with van der Waals surface area (Å²) in [6, 6.07) is 10.8. The third-order valence-electron chi connectivity index (χ3n) is 3.50. The maximum atomic E-state index is 11.6. The minimum atomic E-state index is 0.118. The van der Waals surface area contributed by atoms with Crippen LogP contribution in [-0.4, -0.2) is 25.5 Å². The standard InChI is InChI=1S/C14H20N2O/c1-15-14(17)10-12(13-8-5-9-16-13)11-6-3-2-4-7-11/h2-4,6-7,12-13,16H,5,8-10H2,1H3,(H,15,17)/t12-,13+/m0/s1. The molecule has 92 valence electrons. The fourth-order valence-electron chi connectivity index (χ4n) is 2.55. The minimum Gasteiger partial charge on any atom is -0.359 e. The first-order valence-corrected chi connectivity index (χ1v) is 6.30. The second-order valence-electron chi connectivity index (χ2n) is 4.60. The molecule has 1 heterocycles. The van der Waals surface area contributed by atoms with Gasteiger partial charge in [0.1, 0.15) is 0 Å². The van der Waals surface area contributed by atoms with Gasteiger partial charge in [-0.15, -0.1) is 0 Å². The zero-order valence-electron chi connectivity index (χ0n) is 10.3. The molecular weight excluding hydrogens is 212 g/mol. The first kappa shape index (κ1) is 12.1. The van der Waals surface area contributed by atoms with Crippen LogP contribution < -0.4 is 10.6 Å². The molecule has 0 aromatic heterocycles. The van der Waals surface area contributed by atoms with Gasteiger partial charge in [0.05, 0.1) is 0 Å². The van der Waals surface area contributed by atoms with Gasteiger partial charge in [0.25, 0.3) is 0 Å². The van der Waals surface area contributed by atoms with E-state index in [0.717, 1.165) is 13.0 Å². The molecule has 2 rings (SSSR count). The molecule has 3 nitrogen and oxygen atoms in total. The smallest absolute Gasteiger partial charge is 0.220 e. The molecule has 0 aliphatic carbocycles. The maximum absolute atomic E-state index is 11.6. The third kappa shape index (κ3) is 3.07. The molecule has 1 amide bonds. The summed E-state index contributed by atoms with van der Waals surface area (Å²) >= 11 is 0. The van der Waals surface area contributed by atoms with Crippen LogP contribution in [0, 0.1) is 0 Å². The van der Waals surface area contributed by atoms with E-state index in [-0.39, 0.29) is 5.91 Å². The van der Waals surface area contributed by atoms with E-state index in [1.807, 2.05) is 18.2 Å². The Morgan fingerprint density at radius 3 is 2.82 bits per heavy atom. The van der Waals surface area contributed by atoms with Crippen LogP contribution in [0.15, 0.2) is 30.3 Å². The van der Waals surface area contributed by atoms with Crippen molar-refractivity contribution >= 4 is 5.91 Å². The Kier molecular flexibility index (Phi) is 4.15. The molecular formula is C14H20N2O. The number of nitrogens with one attached hydrogen (secondary N) is 2. The molecule has 1 aliphatic rings. The molecule has 0 spiro atoms. The SMILES string of the molecule is CNC(=O)C[C@@H](c1ccccc1)[C@H]1CCCN1. The van der Waals surface area contributed by atoms with Gasteiger partial charge in [0, 0.05) is 25.4 Å². The van der Waals surface area contributed by atoms with E-state index in [9.17, 15) is 4.79 Å². The highest BCUT2D eigenvalue weighted by Gasteiger charge is 2.27. The van der Waals surface area contributed by atoms with Crippen molar-refractivity contribution in [1.29, 1.82) is 0 Å². The number of rotatable bonds is 4. The average molecular weight is 232 g/mol. The van der Waals surface area contributed by atoms with Crippen LogP contribution in [0.2, 0.25) is 0 Å². The lowest BCUT2D eigenvalue weighted by Gasteiger charge is -2.23. The molecule has 17 heavy (non-hydrogen) atoms. The van der Waals surface area contributed by atoms with E-state index in [1.54, 1.807) is 7.05 Å². The van der Waals surface area contributed by atoms with Gasteiger partial charge in [-0.2, -0.15) is 0 Å². The minimum absolute atomic E-state index is 0.118. The van der Waals surface area contributed by atoms with Gasteiger partial charge >= 0.3 is 0 Å². The zero-order chi connectivity index (χ0) is 12.1. The predicted octanol–water partition coefficient (Wildman–Crippen LogP) is 1.66. The molecule has 0 unspecified atom stereocenters. The van der Waals surface area contributed by atoms with Crippen LogP contribution in [0.5, 0.6) is 0 Å². The molecule has 0 bridgehead atoms. The highest BCUT2D eigenvalue weighted by molar-refractivity contribution is 5.76. The van der Waals surface area contributed by atoms with Gasteiger partial charge in [0.15, 0.2) is 0 Å². The lowest BCUT2D eigenvalue weighted by Crippen LogP contribution is -2.32. The van der Waals surface area contributed by atoms with Crippen LogP contribution in [0.4, 0.5) is 0 Å². The monoisotopic (exact) mass is 232 g/mol. The highest BCUT2D eigenvalue weighted by atomic mass is 16.1.